The summed E-state index contributed by atoms with van der Waals surface area (Å²) in [6.07, 6.45) is 2.31. The summed E-state index contributed by atoms with van der Waals surface area (Å²) in [6.45, 7) is 3.84. The Balaban J connectivity index is 2.66. The van der Waals surface area contributed by atoms with E-state index in [-0.39, 0.29) is 0 Å². The number of esters is 1. The first-order chi connectivity index (χ1) is 7.27. The molecule has 1 rings (SSSR count). The van der Waals surface area contributed by atoms with E-state index in [4.69, 9.17) is 10.00 Å². The Morgan fingerprint density at radius 1 is 1.60 bits per heavy atom. The van der Waals surface area contributed by atoms with Crippen molar-refractivity contribution in [2.24, 2.45) is 0 Å². The van der Waals surface area contributed by atoms with Crippen LogP contribution in [0.1, 0.15) is 22.3 Å². The zero-order chi connectivity index (χ0) is 11.1. The van der Waals surface area contributed by atoms with Crippen molar-refractivity contribution < 1.29 is 9.53 Å². The van der Waals surface area contributed by atoms with Gasteiger partial charge in [0.05, 0.1) is 23.8 Å². The molecule has 3 nitrogen and oxygen atoms in total. The molecule has 76 valence electrons. The Kier molecular flexibility index (Phi) is 4.11. The summed E-state index contributed by atoms with van der Waals surface area (Å²) in [5, 5.41) is 8.64. The molecule has 0 saturated heterocycles. The van der Waals surface area contributed by atoms with Gasteiger partial charge in [-0.3, -0.25) is 0 Å². The Morgan fingerprint density at radius 2 is 2.40 bits per heavy atom. The molecule has 15 heavy (non-hydrogen) atoms. The Hall–Kier alpha value is -2.08. The quantitative estimate of drug-likeness (QED) is 0.426. The highest BCUT2D eigenvalue weighted by atomic mass is 16.5. The van der Waals surface area contributed by atoms with Gasteiger partial charge in [-0.15, -0.1) is 6.58 Å². The second-order valence-corrected chi connectivity index (χ2v) is 2.91. The molecular weight excluding hydrogens is 190 g/mol. The number of benzene rings is 1. The fraction of sp³-hybridized carbons (Fsp3) is 0.167. The molecule has 0 heterocycles. The lowest BCUT2D eigenvalue weighted by atomic mass is 10.1. The van der Waals surface area contributed by atoms with Crippen molar-refractivity contribution in [1.82, 2.24) is 0 Å². The highest BCUT2D eigenvalue weighted by Gasteiger charge is 2.06. The third-order valence-electron chi connectivity index (χ3n) is 1.78. The second-order valence-electron chi connectivity index (χ2n) is 2.91. The van der Waals surface area contributed by atoms with Gasteiger partial charge < -0.3 is 4.74 Å². The first kappa shape index (κ1) is 11.0. The molecule has 3 heteroatoms. The van der Waals surface area contributed by atoms with Gasteiger partial charge in [0.15, 0.2) is 0 Å². The van der Waals surface area contributed by atoms with Gasteiger partial charge in [-0.05, 0) is 24.6 Å². The van der Waals surface area contributed by atoms with Crippen molar-refractivity contribution in [2.45, 2.75) is 6.42 Å². The van der Waals surface area contributed by atoms with Crippen LogP contribution in [0.3, 0.4) is 0 Å². The van der Waals surface area contributed by atoms with Gasteiger partial charge >= 0.3 is 5.97 Å². The number of carbonyl (C=O) groups is 1. The van der Waals surface area contributed by atoms with Gasteiger partial charge in [0.2, 0.25) is 0 Å². The smallest absolute Gasteiger partial charge is 0.338 e. The molecule has 0 aliphatic heterocycles. The largest absolute Gasteiger partial charge is 0.462 e. The summed E-state index contributed by atoms with van der Waals surface area (Å²) in [4.78, 5) is 11.4. The minimum atomic E-state index is -0.408. The average Bonchev–Trinajstić information content (AvgIpc) is 2.29. The van der Waals surface area contributed by atoms with Gasteiger partial charge in [-0.2, -0.15) is 5.26 Å². The molecule has 0 N–H and O–H groups in total. The zero-order valence-electron chi connectivity index (χ0n) is 8.27. The first-order valence-electron chi connectivity index (χ1n) is 4.56. The predicted molar refractivity (Wildman–Crippen MR) is 56.3 cm³/mol. The van der Waals surface area contributed by atoms with Crippen LogP contribution in [0.5, 0.6) is 0 Å². The van der Waals surface area contributed by atoms with Crippen LogP contribution in [0.25, 0.3) is 0 Å². The number of hydrogen-bond donors (Lipinski definition) is 0. The summed E-state index contributed by atoms with van der Waals surface area (Å²) in [6, 6.07) is 8.39. The highest BCUT2D eigenvalue weighted by molar-refractivity contribution is 5.89. The zero-order valence-corrected chi connectivity index (χ0v) is 8.27. The number of rotatable bonds is 4. The van der Waals surface area contributed by atoms with E-state index in [2.05, 4.69) is 6.58 Å². The monoisotopic (exact) mass is 201 g/mol. The van der Waals surface area contributed by atoms with Crippen molar-refractivity contribution in [2.75, 3.05) is 6.61 Å². The van der Waals surface area contributed by atoms with Gasteiger partial charge in [0, 0.05) is 0 Å². The lowest BCUT2D eigenvalue weighted by molar-refractivity contribution is 0.0512. The molecule has 0 unspecified atom stereocenters. The van der Waals surface area contributed by atoms with E-state index in [1.54, 1.807) is 24.3 Å². The molecule has 0 aliphatic rings. The summed E-state index contributed by atoms with van der Waals surface area (Å²) in [5.74, 6) is -0.408. The maximum absolute atomic E-state index is 11.4. The average molecular weight is 201 g/mol. The Labute approximate surface area is 88.6 Å². The summed E-state index contributed by atoms with van der Waals surface area (Å²) in [7, 11) is 0. The topological polar surface area (TPSA) is 50.1 Å². The molecule has 0 radical (unpaired) electrons. The minimum absolute atomic E-state index is 0.319. The van der Waals surface area contributed by atoms with Crippen LogP contribution in [0.2, 0.25) is 0 Å². The van der Waals surface area contributed by atoms with Gasteiger partial charge in [-0.1, -0.05) is 12.1 Å². The third-order valence-corrected chi connectivity index (χ3v) is 1.78. The summed E-state index contributed by atoms with van der Waals surface area (Å²) >= 11 is 0. The van der Waals surface area contributed by atoms with Crippen molar-refractivity contribution in [3.05, 3.63) is 48.0 Å². The number of ether oxygens (including phenoxy) is 1. The highest BCUT2D eigenvalue weighted by Crippen LogP contribution is 2.06. The van der Waals surface area contributed by atoms with Crippen LogP contribution in [0, 0.1) is 11.3 Å². The third kappa shape index (κ3) is 3.28. The molecule has 0 bridgehead atoms. The maximum atomic E-state index is 11.4. The van der Waals surface area contributed by atoms with Crippen LogP contribution in [-0.2, 0) is 4.74 Å². The molecule has 0 spiro atoms. The molecule has 1 aromatic rings. The number of nitrogens with zero attached hydrogens (tertiary/aromatic N) is 1. The molecular formula is C12H11NO2. The standard InChI is InChI=1S/C12H11NO2/c1-2-3-7-15-12(14)11-6-4-5-10(8-11)9-13/h2,4-6,8H,1,3,7H2. The van der Waals surface area contributed by atoms with Crippen LogP contribution >= 0.6 is 0 Å². The van der Waals surface area contributed by atoms with E-state index >= 15 is 0 Å². The minimum Gasteiger partial charge on any atom is -0.462 e. The van der Waals surface area contributed by atoms with Crippen LogP contribution in [-0.4, -0.2) is 12.6 Å². The van der Waals surface area contributed by atoms with E-state index < -0.39 is 5.97 Å². The van der Waals surface area contributed by atoms with E-state index in [0.29, 0.717) is 24.2 Å². The van der Waals surface area contributed by atoms with Crippen molar-refractivity contribution >= 4 is 5.97 Å². The van der Waals surface area contributed by atoms with Gasteiger partial charge in [0.25, 0.3) is 0 Å². The normalized spacial score (nSPS) is 9.00. The fourth-order valence-electron chi connectivity index (χ4n) is 1.03. The van der Waals surface area contributed by atoms with Crippen molar-refractivity contribution in [3.8, 4) is 6.07 Å². The molecule has 0 saturated carbocycles. The summed E-state index contributed by atoms with van der Waals surface area (Å²) < 4.78 is 4.95. The molecule has 0 atom stereocenters. The van der Waals surface area contributed by atoms with Gasteiger partial charge in [-0.25, -0.2) is 4.79 Å². The fourth-order valence-corrected chi connectivity index (χ4v) is 1.03. The molecule has 0 aromatic heterocycles. The van der Waals surface area contributed by atoms with Crippen molar-refractivity contribution in [3.63, 3.8) is 0 Å². The van der Waals surface area contributed by atoms with E-state index in [1.807, 2.05) is 6.07 Å². The second kappa shape index (κ2) is 5.61. The SMILES string of the molecule is C=CCCOC(=O)c1cccc(C#N)c1. The molecule has 1 aromatic carbocycles. The lowest BCUT2D eigenvalue weighted by Crippen LogP contribution is -2.05. The lowest BCUT2D eigenvalue weighted by Gasteiger charge is -2.02. The van der Waals surface area contributed by atoms with Gasteiger partial charge in [0.1, 0.15) is 0 Å². The number of nitriles is 1. The Morgan fingerprint density at radius 3 is 3.07 bits per heavy atom. The predicted octanol–water partition coefficient (Wildman–Crippen LogP) is 2.29. The van der Waals surface area contributed by atoms with Crippen LogP contribution in [0.15, 0.2) is 36.9 Å². The molecule has 0 fully saturated rings. The van der Waals surface area contributed by atoms with Crippen LogP contribution in [0.4, 0.5) is 0 Å². The Bertz CT molecular complexity index is 404. The van der Waals surface area contributed by atoms with Crippen LogP contribution < -0.4 is 0 Å². The van der Waals surface area contributed by atoms with E-state index in [0.717, 1.165) is 0 Å². The molecule has 0 aliphatic carbocycles. The van der Waals surface area contributed by atoms with E-state index in [1.165, 1.54) is 6.07 Å². The first-order valence-corrected chi connectivity index (χ1v) is 4.56. The maximum Gasteiger partial charge on any atom is 0.338 e. The summed E-state index contributed by atoms with van der Waals surface area (Å²) in [5.41, 5.74) is 0.853. The number of hydrogen-bond acceptors (Lipinski definition) is 3. The van der Waals surface area contributed by atoms with Crippen molar-refractivity contribution in [1.29, 1.82) is 5.26 Å². The van der Waals surface area contributed by atoms with E-state index in [9.17, 15) is 4.79 Å². The number of carbonyl (C=O) groups excluding carboxylic acids is 1. The molecule has 0 amide bonds.